The van der Waals surface area contributed by atoms with Crippen LogP contribution in [0.3, 0.4) is 0 Å². The van der Waals surface area contributed by atoms with Crippen LogP contribution in [0.4, 0.5) is 11.6 Å². The standard InChI is InChI=1S/C6H10N4O/c1-7-6-5(9-4-11)8-3-10(6)2/h3-4,7H,1-2H3,(H,9,11). The van der Waals surface area contributed by atoms with Gasteiger partial charge in [0, 0.05) is 14.1 Å². The summed E-state index contributed by atoms with van der Waals surface area (Å²) in [5, 5.41) is 5.38. The van der Waals surface area contributed by atoms with Gasteiger partial charge in [0.15, 0.2) is 11.6 Å². The minimum absolute atomic E-state index is 0.546. The Kier molecular flexibility index (Phi) is 2.10. The normalized spacial score (nSPS) is 9.27. The molecule has 1 aromatic heterocycles. The Labute approximate surface area is 64.4 Å². The maximum atomic E-state index is 10.1. The van der Waals surface area contributed by atoms with Crippen LogP contribution in [-0.4, -0.2) is 23.0 Å². The van der Waals surface area contributed by atoms with Gasteiger partial charge in [0.1, 0.15) is 0 Å². The van der Waals surface area contributed by atoms with Crippen LogP contribution in [0.25, 0.3) is 0 Å². The van der Waals surface area contributed by atoms with Gasteiger partial charge in [-0.05, 0) is 0 Å². The molecule has 0 spiro atoms. The van der Waals surface area contributed by atoms with Crippen LogP contribution >= 0.6 is 0 Å². The van der Waals surface area contributed by atoms with Crippen molar-refractivity contribution in [2.24, 2.45) is 7.05 Å². The average Bonchev–Trinajstić information content (AvgIpc) is 2.33. The third-order valence-electron chi connectivity index (χ3n) is 1.37. The molecule has 0 unspecified atom stereocenters. The molecule has 1 heterocycles. The van der Waals surface area contributed by atoms with E-state index in [-0.39, 0.29) is 0 Å². The lowest BCUT2D eigenvalue weighted by Gasteiger charge is -2.01. The van der Waals surface area contributed by atoms with E-state index in [0.717, 1.165) is 5.82 Å². The lowest BCUT2D eigenvalue weighted by Crippen LogP contribution is -2.01. The fourth-order valence-electron chi connectivity index (χ4n) is 0.886. The van der Waals surface area contributed by atoms with Crippen LogP contribution in [0.15, 0.2) is 6.33 Å². The van der Waals surface area contributed by atoms with Gasteiger partial charge in [0.2, 0.25) is 6.41 Å². The number of amides is 1. The molecule has 5 nitrogen and oxygen atoms in total. The van der Waals surface area contributed by atoms with E-state index < -0.39 is 0 Å². The van der Waals surface area contributed by atoms with E-state index in [2.05, 4.69) is 15.6 Å². The first-order chi connectivity index (χ1) is 5.29. The van der Waals surface area contributed by atoms with Gasteiger partial charge in [-0.15, -0.1) is 0 Å². The third kappa shape index (κ3) is 1.31. The first-order valence-corrected chi connectivity index (χ1v) is 3.19. The monoisotopic (exact) mass is 154 g/mol. The van der Waals surface area contributed by atoms with Gasteiger partial charge in [0.25, 0.3) is 0 Å². The number of nitrogens with zero attached hydrogens (tertiary/aromatic N) is 2. The number of hydrogen-bond donors (Lipinski definition) is 2. The summed E-state index contributed by atoms with van der Waals surface area (Å²) in [4.78, 5) is 14.0. The molecule has 0 saturated carbocycles. The molecule has 0 bridgehead atoms. The SMILES string of the molecule is CNc1c(NC=O)ncn1C. The van der Waals surface area contributed by atoms with Crippen molar-refractivity contribution in [2.75, 3.05) is 17.7 Å². The summed E-state index contributed by atoms with van der Waals surface area (Å²) < 4.78 is 1.78. The zero-order valence-electron chi connectivity index (χ0n) is 6.46. The van der Waals surface area contributed by atoms with Crippen molar-refractivity contribution in [3.63, 3.8) is 0 Å². The van der Waals surface area contributed by atoms with Gasteiger partial charge in [-0.1, -0.05) is 0 Å². The fourth-order valence-corrected chi connectivity index (χ4v) is 0.886. The molecule has 0 saturated heterocycles. The summed E-state index contributed by atoms with van der Waals surface area (Å²) in [6, 6.07) is 0. The molecule has 0 atom stereocenters. The Hall–Kier alpha value is -1.52. The molecule has 2 N–H and O–H groups in total. The molecule has 0 aliphatic carbocycles. The van der Waals surface area contributed by atoms with Crippen molar-refractivity contribution >= 4 is 18.0 Å². The van der Waals surface area contributed by atoms with E-state index in [0.29, 0.717) is 12.2 Å². The van der Waals surface area contributed by atoms with E-state index in [1.54, 1.807) is 17.9 Å². The molecule has 0 aromatic carbocycles. The Morgan fingerprint density at radius 2 is 2.45 bits per heavy atom. The molecule has 1 aromatic rings. The van der Waals surface area contributed by atoms with Gasteiger partial charge < -0.3 is 15.2 Å². The molecular formula is C6H10N4O. The molecule has 11 heavy (non-hydrogen) atoms. The molecule has 1 amide bonds. The predicted molar refractivity (Wildman–Crippen MR) is 42.4 cm³/mol. The van der Waals surface area contributed by atoms with Crippen molar-refractivity contribution in [3.05, 3.63) is 6.33 Å². The maximum Gasteiger partial charge on any atom is 0.212 e. The second-order valence-corrected chi connectivity index (χ2v) is 2.06. The van der Waals surface area contributed by atoms with Gasteiger partial charge in [-0.3, -0.25) is 4.79 Å². The Balaban J connectivity index is 2.95. The van der Waals surface area contributed by atoms with E-state index in [4.69, 9.17) is 0 Å². The van der Waals surface area contributed by atoms with Crippen LogP contribution in [0.1, 0.15) is 0 Å². The van der Waals surface area contributed by atoms with Crippen LogP contribution in [0, 0.1) is 0 Å². The zero-order valence-corrected chi connectivity index (χ0v) is 6.46. The van der Waals surface area contributed by atoms with E-state index >= 15 is 0 Å². The highest BCUT2D eigenvalue weighted by Crippen LogP contribution is 2.16. The highest BCUT2D eigenvalue weighted by atomic mass is 16.1. The number of aromatic nitrogens is 2. The number of carbonyl (C=O) groups excluding carboxylic acids is 1. The lowest BCUT2D eigenvalue weighted by atomic mass is 10.6. The second kappa shape index (κ2) is 3.05. The summed E-state index contributed by atoms with van der Waals surface area (Å²) in [6.45, 7) is 0. The molecule has 0 radical (unpaired) electrons. The minimum Gasteiger partial charge on any atom is -0.371 e. The highest BCUT2D eigenvalue weighted by Gasteiger charge is 2.04. The molecule has 60 valence electrons. The van der Waals surface area contributed by atoms with Crippen LogP contribution < -0.4 is 10.6 Å². The average molecular weight is 154 g/mol. The largest absolute Gasteiger partial charge is 0.371 e. The topological polar surface area (TPSA) is 58.9 Å². The van der Waals surface area contributed by atoms with Crippen molar-refractivity contribution in [1.82, 2.24) is 9.55 Å². The third-order valence-corrected chi connectivity index (χ3v) is 1.37. The maximum absolute atomic E-state index is 10.1. The van der Waals surface area contributed by atoms with Crippen LogP contribution in [-0.2, 0) is 11.8 Å². The first-order valence-electron chi connectivity index (χ1n) is 3.19. The van der Waals surface area contributed by atoms with Crippen molar-refractivity contribution in [3.8, 4) is 0 Å². The zero-order chi connectivity index (χ0) is 8.27. The van der Waals surface area contributed by atoms with Gasteiger partial charge >= 0.3 is 0 Å². The Bertz CT molecular complexity index is 255. The number of hydrogen-bond acceptors (Lipinski definition) is 3. The molecule has 5 heteroatoms. The molecule has 0 fully saturated rings. The van der Waals surface area contributed by atoms with E-state index in [9.17, 15) is 4.79 Å². The Morgan fingerprint density at radius 3 is 3.00 bits per heavy atom. The van der Waals surface area contributed by atoms with Gasteiger partial charge in [0.05, 0.1) is 6.33 Å². The highest BCUT2D eigenvalue weighted by molar-refractivity contribution is 5.76. The minimum atomic E-state index is 0.546. The van der Waals surface area contributed by atoms with Crippen LogP contribution in [0.2, 0.25) is 0 Å². The molecule has 0 aliphatic heterocycles. The van der Waals surface area contributed by atoms with Crippen molar-refractivity contribution in [1.29, 1.82) is 0 Å². The number of aryl methyl sites for hydroxylation is 1. The van der Waals surface area contributed by atoms with Crippen molar-refractivity contribution < 1.29 is 4.79 Å². The number of nitrogens with one attached hydrogen (secondary N) is 2. The van der Waals surface area contributed by atoms with E-state index in [1.807, 2.05) is 7.05 Å². The summed E-state index contributed by atoms with van der Waals surface area (Å²) in [7, 11) is 3.61. The fraction of sp³-hybridized carbons (Fsp3) is 0.333. The number of imidazole rings is 1. The van der Waals surface area contributed by atoms with Gasteiger partial charge in [-0.2, -0.15) is 0 Å². The van der Waals surface area contributed by atoms with Gasteiger partial charge in [-0.25, -0.2) is 4.98 Å². The summed E-state index contributed by atoms with van der Waals surface area (Å²) >= 11 is 0. The molecule has 1 rings (SSSR count). The van der Waals surface area contributed by atoms with Crippen LogP contribution in [0.5, 0.6) is 0 Å². The predicted octanol–water partition coefficient (Wildman–Crippen LogP) is 0.0301. The van der Waals surface area contributed by atoms with Crippen molar-refractivity contribution in [2.45, 2.75) is 0 Å². The molecular weight excluding hydrogens is 144 g/mol. The summed E-state index contributed by atoms with van der Waals surface area (Å²) in [6.07, 6.45) is 2.22. The Morgan fingerprint density at radius 1 is 1.73 bits per heavy atom. The molecule has 0 aliphatic rings. The second-order valence-electron chi connectivity index (χ2n) is 2.06. The van der Waals surface area contributed by atoms with E-state index in [1.165, 1.54) is 0 Å². The smallest absolute Gasteiger partial charge is 0.212 e. The lowest BCUT2D eigenvalue weighted by molar-refractivity contribution is -0.105. The summed E-state index contributed by atoms with van der Waals surface area (Å²) in [5.41, 5.74) is 0. The quantitative estimate of drug-likeness (QED) is 0.604. The first kappa shape index (κ1) is 7.59. The number of rotatable bonds is 3. The number of anilines is 2. The summed E-state index contributed by atoms with van der Waals surface area (Å²) in [5.74, 6) is 1.34. The number of carbonyl (C=O) groups is 1.